The minimum Gasteiger partial charge on any atom is -0.374 e. The third-order valence-corrected chi connectivity index (χ3v) is 5.05. The molecule has 0 aromatic heterocycles. The number of thioether (sulfide) groups is 1. The summed E-state index contributed by atoms with van der Waals surface area (Å²) >= 11 is 1.72. The summed E-state index contributed by atoms with van der Waals surface area (Å²) < 4.78 is 15.9. The Kier molecular flexibility index (Phi) is 6.00. The molecule has 84 valence electrons. The molecule has 0 unspecified atom stereocenters. The van der Waals surface area contributed by atoms with Gasteiger partial charge in [0.15, 0.2) is 0 Å². The van der Waals surface area contributed by atoms with Crippen molar-refractivity contribution >= 4 is 20.6 Å². The molecule has 0 spiro atoms. The number of rotatable bonds is 5. The van der Waals surface area contributed by atoms with Gasteiger partial charge in [-0.05, 0) is 11.1 Å². The molecule has 0 aromatic carbocycles. The van der Waals surface area contributed by atoms with Crippen molar-refractivity contribution in [2.24, 2.45) is 0 Å². The zero-order valence-electron chi connectivity index (χ0n) is 9.79. The molecule has 0 N–H and O–H groups in total. The maximum atomic E-state index is 5.25. The monoisotopic (exact) mass is 236 g/mol. The van der Waals surface area contributed by atoms with Crippen LogP contribution in [-0.2, 0) is 13.3 Å². The highest BCUT2D eigenvalue weighted by Gasteiger charge is 2.34. The average Bonchev–Trinajstić information content (AvgIpc) is 2.11. The second-order valence-electron chi connectivity index (χ2n) is 3.75. The van der Waals surface area contributed by atoms with Gasteiger partial charge in [0, 0.05) is 26.1 Å². The summed E-state index contributed by atoms with van der Waals surface area (Å²) in [6.45, 7) is 6.45. The van der Waals surface area contributed by atoms with Crippen LogP contribution in [0.25, 0.3) is 0 Å². The van der Waals surface area contributed by atoms with Crippen LogP contribution in [-0.4, -0.2) is 34.9 Å². The average molecular weight is 236 g/mol. The van der Waals surface area contributed by atoms with Crippen LogP contribution in [0.3, 0.4) is 0 Å². The van der Waals surface area contributed by atoms with Crippen LogP contribution >= 0.6 is 11.8 Å². The van der Waals surface area contributed by atoms with Crippen molar-refractivity contribution in [2.45, 2.75) is 25.5 Å². The Morgan fingerprint density at radius 3 is 1.71 bits per heavy atom. The molecule has 0 rings (SSSR count). The molecule has 0 bridgehead atoms. The molecule has 14 heavy (non-hydrogen) atoms. The van der Waals surface area contributed by atoms with E-state index in [0.29, 0.717) is 0 Å². The van der Waals surface area contributed by atoms with Gasteiger partial charge >= 0.3 is 8.80 Å². The maximum Gasteiger partial charge on any atom is 0.529 e. The van der Waals surface area contributed by atoms with E-state index in [0.717, 1.165) is 0 Å². The summed E-state index contributed by atoms with van der Waals surface area (Å²) in [5.41, 5.74) is 1.89. The normalized spacial score (nSPS) is 13.9. The second-order valence-corrected chi connectivity index (χ2v) is 8.25. The maximum absolute atomic E-state index is 5.25. The summed E-state index contributed by atoms with van der Waals surface area (Å²) in [7, 11) is 2.29. The first-order valence-electron chi connectivity index (χ1n) is 4.40. The Morgan fingerprint density at radius 2 is 1.43 bits per heavy atom. The van der Waals surface area contributed by atoms with Gasteiger partial charge in [0.2, 0.25) is 0 Å². The molecule has 0 saturated carbocycles. The lowest BCUT2D eigenvalue weighted by Crippen LogP contribution is -2.40. The number of hydrogen-bond acceptors (Lipinski definition) is 4. The SMILES string of the molecule is CO[Si](/C=C\SC(C)(C)C)(OC)OC. The predicted molar refractivity (Wildman–Crippen MR) is 63.3 cm³/mol. The van der Waals surface area contributed by atoms with E-state index in [1.807, 2.05) is 11.1 Å². The van der Waals surface area contributed by atoms with Crippen molar-refractivity contribution in [1.29, 1.82) is 0 Å². The highest BCUT2D eigenvalue weighted by Crippen LogP contribution is 2.25. The summed E-state index contributed by atoms with van der Waals surface area (Å²) in [6.07, 6.45) is 0. The molecule has 0 aromatic rings. The smallest absolute Gasteiger partial charge is 0.374 e. The summed E-state index contributed by atoms with van der Waals surface area (Å²) in [6, 6.07) is 0. The lowest BCUT2D eigenvalue weighted by molar-refractivity contribution is 0.138. The first kappa shape index (κ1) is 14.2. The molecule has 0 amide bonds. The third kappa shape index (κ3) is 5.16. The van der Waals surface area contributed by atoms with Gasteiger partial charge in [-0.25, -0.2) is 0 Å². The van der Waals surface area contributed by atoms with Gasteiger partial charge in [-0.2, -0.15) is 0 Å². The van der Waals surface area contributed by atoms with Gasteiger partial charge in [-0.3, -0.25) is 0 Å². The summed E-state index contributed by atoms with van der Waals surface area (Å²) in [4.78, 5) is 0. The van der Waals surface area contributed by atoms with Crippen LogP contribution in [0.2, 0.25) is 0 Å². The predicted octanol–water partition coefficient (Wildman–Crippen LogP) is 2.45. The van der Waals surface area contributed by atoms with E-state index in [1.54, 1.807) is 33.1 Å². The quantitative estimate of drug-likeness (QED) is 0.685. The van der Waals surface area contributed by atoms with Crippen molar-refractivity contribution in [3.8, 4) is 0 Å². The van der Waals surface area contributed by atoms with E-state index in [9.17, 15) is 0 Å². The second kappa shape index (κ2) is 5.92. The minimum atomic E-state index is -2.52. The van der Waals surface area contributed by atoms with Crippen LogP contribution < -0.4 is 0 Å². The first-order valence-corrected chi connectivity index (χ1v) is 7.08. The Hall–Kier alpha value is 0.187. The largest absolute Gasteiger partial charge is 0.529 e. The molecule has 5 heteroatoms. The minimum absolute atomic E-state index is 0.200. The van der Waals surface area contributed by atoms with Crippen molar-refractivity contribution in [1.82, 2.24) is 0 Å². The van der Waals surface area contributed by atoms with E-state index in [4.69, 9.17) is 13.3 Å². The Bertz CT molecular complexity index is 177. The highest BCUT2D eigenvalue weighted by atomic mass is 32.2. The van der Waals surface area contributed by atoms with Crippen LogP contribution in [0.4, 0.5) is 0 Å². The topological polar surface area (TPSA) is 27.7 Å². The molecule has 0 aliphatic heterocycles. The molecule has 0 atom stereocenters. The first-order chi connectivity index (χ1) is 6.39. The number of hydrogen-bond donors (Lipinski definition) is 0. The van der Waals surface area contributed by atoms with Crippen molar-refractivity contribution in [3.05, 3.63) is 11.1 Å². The molecule has 3 nitrogen and oxygen atoms in total. The molecule has 0 saturated heterocycles. The Labute approximate surface area is 92.2 Å². The van der Waals surface area contributed by atoms with Crippen molar-refractivity contribution in [2.75, 3.05) is 21.3 Å². The lowest BCUT2D eigenvalue weighted by atomic mass is 10.3. The zero-order chi connectivity index (χ0) is 11.2. The van der Waals surface area contributed by atoms with Crippen LogP contribution in [0, 0.1) is 0 Å². The molecule has 0 radical (unpaired) electrons. The van der Waals surface area contributed by atoms with E-state index < -0.39 is 8.80 Å². The molecule has 0 heterocycles. The third-order valence-electron chi connectivity index (χ3n) is 1.55. The van der Waals surface area contributed by atoms with Gasteiger partial charge in [0.25, 0.3) is 0 Å². The Balaban J connectivity index is 4.30. The standard InChI is InChI=1S/C9H20O3SSi/c1-9(2,3)13-7-8-14(10-4,11-5)12-6/h7-8H,1-6H3/b8-7-. The molecular formula is C9H20O3SSi. The van der Waals surface area contributed by atoms with Crippen LogP contribution in [0.5, 0.6) is 0 Å². The van der Waals surface area contributed by atoms with Gasteiger partial charge in [-0.1, -0.05) is 20.8 Å². The fourth-order valence-electron chi connectivity index (χ4n) is 0.776. The van der Waals surface area contributed by atoms with Gasteiger partial charge in [0.1, 0.15) is 0 Å². The molecular weight excluding hydrogens is 216 g/mol. The van der Waals surface area contributed by atoms with Crippen molar-refractivity contribution < 1.29 is 13.3 Å². The van der Waals surface area contributed by atoms with E-state index in [2.05, 4.69) is 20.8 Å². The fraction of sp³-hybridized carbons (Fsp3) is 0.778. The molecule has 0 aliphatic carbocycles. The summed E-state index contributed by atoms with van der Waals surface area (Å²) in [5.74, 6) is 0. The Morgan fingerprint density at radius 1 is 1.00 bits per heavy atom. The van der Waals surface area contributed by atoms with Gasteiger partial charge < -0.3 is 13.3 Å². The molecule has 0 fully saturated rings. The van der Waals surface area contributed by atoms with E-state index in [-0.39, 0.29) is 4.75 Å². The van der Waals surface area contributed by atoms with Gasteiger partial charge in [-0.15, -0.1) is 11.8 Å². The fourth-order valence-corrected chi connectivity index (χ4v) is 3.03. The van der Waals surface area contributed by atoms with Crippen LogP contribution in [0.1, 0.15) is 20.8 Å². The molecule has 0 aliphatic rings. The highest BCUT2D eigenvalue weighted by molar-refractivity contribution is 8.03. The van der Waals surface area contributed by atoms with Gasteiger partial charge in [0.05, 0.1) is 0 Å². The van der Waals surface area contributed by atoms with E-state index >= 15 is 0 Å². The zero-order valence-corrected chi connectivity index (χ0v) is 11.6. The van der Waals surface area contributed by atoms with Crippen LogP contribution in [0.15, 0.2) is 11.1 Å². The van der Waals surface area contributed by atoms with E-state index in [1.165, 1.54) is 0 Å². The summed E-state index contributed by atoms with van der Waals surface area (Å²) in [5, 5.41) is 1.99. The van der Waals surface area contributed by atoms with Crippen molar-refractivity contribution in [3.63, 3.8) is 0 Å². The lowest BCUT2D eigenvalue weighted by Gasteiger charge is -2.21.